The Bertz CT molecular complexity index is 359. The van der Waals surface area contributed by atoms with E-state index in [-0.39, 0.29) is 6.42 Å². The second kappa shape index (κ2) is 5.90. The molecule has 1 aromatic rings. The number of benzene rings is 1. The number of carboxylic acid groups (broad SMARTS) is 2. The van der Waals surface area contributed by atoms with E-state index in [1.54, 1.807) is 0 Å². The van der Waals surface area contributed by atoms with Gasteiger partial charge in [-0.2, -0.15) is 0 Å². The Morgan fingerprint density at radius 2 is 1.75 bits per heavy atom. The Morgan fingerprint density at radius 3 is 2.25 bits per heavy atom. The zero-order valence-electron chi connectivity index (χ0n) is 8.80. The third-order valence-corrected chi connectivity index (χ3v) is 2.39. The minimum atomic E-state index is -1.07. The first-order valence-corrected chi connectivity index (χ1v) is 5.08. The molecule has 0 bridgehead atoms. The van der Waals surface area contributed by atoms with E-state index >= 15 is 0 Å². The lowest BCUT2D eigenvalue weighted by Crippen LogP contribution is -2.18. The second-order valence-corrected chi connectivity index (χ2v) is 3.66. The first-order valence-electron chi connectivity index (χ1n) is 5.08. The summed E-state index contributed by atoms with van der Waals surface area (Å²) < 4.78 is 0. The van der Waals surface area contributed by atoms with Crippen LogP contribution >= 0.6 is 0 Å². The number of hydrogen-bond donors (Lipinski definition) is 2. The summed E-state index contributed by atoms with van der Waals surface area (Å²) in [5, 5.41) is 17.4. The van der Waals surface area contributed by atoms with Crippen LogP contribution in [-0.2, 0) is 16.0 Å². The molecular weight excluding hydrogens is 208 g/mol. The Kier molecular flexibility index (Phi) is 4.51. The summed E-state index contributed by atoms with van der Waals surface area (Å²) >= 11 is 0. The third-order valence-electron chi connectivity index (χ3n) is 2.39. The Labute approximate surface area is 93.5 Å². The van der Waals surface area contributed by atoms with Gasteiger partial charge in [-0.1, -0.05) is 30.3 Å². The van der Waals surface area contributed by atoms with Gasteiger partial charge in [0, 0.05) is 0 Å². The van der Waals surface area contributed by atoms with Crippen molar-refractivity contribution in [3.63, 3.8) is 0 Å². The Morgan fingerprint density at radius 1 is 1.12 bits per heavy atom. The molecular formula is C12H14O4. The van der Waals surface area contributed by atoms with Crippen molar-refractivity contribution in [1.29, 1.82) is 0 Å². The maximum absolute atomic E-state index is 10.8. The van der Waals surface area contributed by atoms with Crippen molar-refractivity contribution >= 4 is 11.9 Å². The molecule has 1 rings (SSSR count). The zero-order valence-corrected chi connectivity index (χ0v) is 8.80. The molecule has 0 aliphatic carbocycles. The van der Waals surface area contributed by atoms with Gasteiger partial charge in [0.05, 0.1) is 12.3 Å². The van der Waals surface area contributed by atoms with Gasteiger partial charge >= 0.3 is 11.9 Å². The third kappa shape index (κ3) is 4.13. The van der Waals surface area contributed by atoms with Crippen LogP contribution in [0.1, 0.15) is 18.4 Å². The number of rotatable bonds is 6. The molecule has 86 valence electrons. The first kappa shape index (κ1) is 12.2. The summed E-state index contributed by atoms with van der Waals surface area (Å²) in [6.45, 7) is 0. The van der Waals surface area contributed by atoms with Gasteiger partial charge in [-0.25, -0.2) is 0 Å². The van der Waals surface area contributed by atoms with Gasteiger partial charge < -0.3 is 10.2 Å². The number of carboxylic acids is 2. The van der Waals surface area contributed by atoms with E-state index in [0.29, 0.717) is 12.8 Å². The lowest BCUT2D eigenvalue weighted by Gasteiger charge is -2.09. The fourth-order valence-electron chi connectivity index (χ4n) is 1.51. The topological polar surface area (TPSA) is 74.6 Å². The van der Waals surface area contributed by atoms with Crippen LogP contribution in [0.2, 0.25) is 0 Å². The van der Waals surface area contributed by atoms with Crippen LogP contribution in [0, 0.1) is 5.92 Å². The summed E-state index contributed by atoms with van der Waals surface area (Å²) in [4.78, 5) is 21.3. The number of aliphatic carboxylic acids is 2. The average Bonchev–Trinajstić information content (AvgIpc) is 2.25. The van der Waals surface area contributed by atoms with Crippen molar-refractivity contribution in [2.45, 2.75) is 19.3 Å². The fraction of sp³-hybridized carbons (Fsp3) is 0.333. The molecule has 16 heavy (non-hydrogen) atoms. The van der Waals surface area contributed by atoms with Crippen molar-refractivity contribution in [2.24, 2.45) is 5.92 Å². The minimum Gasteiger partial charge on any atom is -0.481 e. The lowest BCUT2D eigenvalue weighted by atomic mass is 9.97. The molecule has 0 amide bonds. The highest BCUT2D eigenvalue weighted by Crippen LogP contribution is 2.13. The smallest absolute Gasteiger partial charge is 0.307 e. The highest BCUT2D eigenvalue weighted by Gasteiger charge is 2.20. The predicted octanol–water partition coefficient (Wildman–Crippen LogP) is 1.79. The summed E-state index contributed by atoms with van der Waals surface area (Å²) in [5.41, 5.74) is 1.03. The van der Waals surface area contributed by atoms with Crippen LogP contribution in [-0.4, -0.2) is 22.2 Å². The monoisotopic (exact) mass is 222 g/mol. The number of hydrogen-bond acceptors (Lipinski definition) is 2. The molecule has 1 aromatic carbocycles. The van der Waals surface area contributed by atoms with Gasteiger partial charge in [-0.05, 0) is 18.4 Å². The molecule has 1 atom stereocenters. The Balaban J connectivity index is 2.50. The molecule has 0 fully saturated rings. The highest BCUT2D eigenvalue weighted by atomic mass is 16.4. The van der Waals surface area contributed by atoms with Crippen LogP contribution in [0.5, 0.6) is 0 Å². The van der Waals surface area contributed by atoms with E-state index in [4.69, 9.17) is 10.2 Å². The van der Waals surface area contributed by atoms with Gasteiger partial charge in [-0.3, -0.25) is 9.59 Å². The largest absolute Gasteiger partial charge is 0.481 e. The molecule has 0 saturated carbocycles. The average molecular weight is 222 g/mol. The maximum Gasteiger partial charge on any atom is 0.307 e. The van der Waals surface area contributed by atoms with E-state index in [2.05, 4.69) is 0 Å². The van der Waals surface area contributed by atoms with Crippen molar-refractivity contribution in [1.82, 2.24) is 0 Å². The molecule has 0 radical (unpaired) electrons. The molecule has 0 spiro atoms. The van der Waals surface area contributed by atoms with Crippen molar-refractivity contribution in [3.05, 3.63) is 35.9 Å². The minimum absolute atomic E-state index is 0.317. The van der Waals surface area contributed by atoms with Gasteiger partial charge in [-0.15, -0.1) is 0 Å². The lowest BCUT2D eigenvalue weighted by molar-refractivity contribution is -0.148. The van der Waals surface area contributed by atoms with E-state index in [1.807, 2.05) is 30.3 Å². The van der Waals surface area contributed by atoms with E-state index in [9.17, 15) is 9.59 Å². The normalized spacial score (nSPS) is 12.0. The molecule has 0 aromatic heterocycles. The Hall–Kier alpha value is -1.84. The quantitative estimate of drug-likeness (QED) is 0.769. The maximum atomic E-state index is 10.8. The summed E-state index contributed by atoms with van der Waals surface area (Å²) in [7, 11) is 0. The van der Waals surface area contributed by atoms with E-state index < -0.39 is 17.9 Å². The second-order valence-electron chi connectivity index (χ2n) is 3.66. The van der Waals surface area contributed by atoms with Crippen LogP contribution in [0.25, 0.3) is 0 Å². The molecule has 0 heterocycles. The predicted molar refractivity (Wildman–Crippen MR) is 58.1 cm³/mol. The molecule has 4 heteroatoms. The van der Waals surface area contributed by atoms with Gasteiger partial charge in [0.15, 0.2) is 0 Å². The van der Waals surface area contributed by atoms with Gasteiger partial charge in [0.25, 0.3) is 0 Å². The standard InChI is InChI=1S/C12H14O4/c13-11(14)8-10(12(15)16)7-6-9-4-2-1-3-5-9/h1-5,10H,6-8H2,(H,13,14)(H,15,16)/t10-/m1/s1. The first-order chi connectivity index (χ1) is 7.59. The summed E-state index contributed by atoms with van der Waals surface area (Å²) in [6, 6.07) is 9.44. The van der Waals surface area contributed by atoms with Crippen LogP contribution < -0.4 is 0 Å². The fourth-order valence-corrected chi connectivity index (χ4v) is 1.51. The van der Waals surface area contributed by atoms with Crippen molar-refractivity contribution in [2.75, 3.05) is 0 Å². The van der Waals surface area contributed by atoms with Crippen molar-refractivity contribution in [3.8, 4) is 0 Å². The van der Waals surface area contributed by atoms with E-state index in [0.717, 1.165) is 5.56 Å². The van der Waals surface area contributed by atoms with Gasteiger partial charge in [0.1, 0.15) is 0 Å². The van der Waals surface area contributed by atoms with Crippen LogP contribution in [0.15, 0.2) is 30.3 Å². The summed E-state index contributed by atoms with van der Waals surface area (Å²) in [6.07, 6.45) is 0.624. The SMILES string of the molecule is O=C(O)C[C@@H](CCc1ccccc1)C(=O)O. The van der Waals surface area contributed by atoms with Gasteiger partial charge in [0.2, 0.25) is 0 Å². The zero-order chi connectivity index (χ0) is 12.0. The van der Waals surface area contributed by atoms with Crippen LogP contribution in [0.4, 0.5) is 0 Å². The molecule has 0 aliphatic rings. The molecule has 0 saturated heterocycles. The summed E-state index contributed by atoms with van der Waals surface area (Å²) in [5.74, 6) is -2.92. The number of carbonyl (C=O) groups is 2. The molecule has 0 aliphatic heterocycles. The molecule has 0 unspecified atom stereocenters. The van der Waals surface area contributed by atoms with Crippen molar-refractivity contribution < 1.29 is 19.8 Å². The number of aryl methyl sites for hydroxylation is 1. The van der Waals surface area contributed by atoms with Crippen LogP contribution in [0.3, 0.4) is 0 Å². The molecule has 4 nitrogen and oxygen atoms in total. The van der Waals surface area contributed by atoms with E-state index in [1.165, 1.54) is 0 Å². The molecule has 2 N–H and O–H groups in total. The highest BCUT2D eigenvalue weighted by molar-refractivity contribution is 5.77.